The third-order valence-corrected chi connectivity index (χ3v) is 5.80. The van der Waals surface area contributed by atoms with Crippen molar-refractivity contribution in [2.75, 3.05) is 6.61 Å². The molecule has 1 atom stereocenters. The zero-order valence-electron chi connectivity index (χ0n) is 17.2. The number of fused-ring (bicyclic) bond motifs is 1. The Morgan fingerprint density at radius 3 is 2.79 bits per heavy atom. The molecule has 0 radical (unpaired) electrons. The molecule has 28 heavy (non-hydrogen) atoms. The minimum atomic E-state index is -0.0235. The van der Waals surface area contributed by atoms with Crippen LogP contribution in [0.25, 0.3) is 0 Å². The summed E-state index contributed by atoms with van der Waals surface area (Å²) in [5.74, 6) is 1.20. The number of hydrogen-bond donors (Lipinski definition) is 0. The van der Waals surface area contributed by atoms with Crippen LogP contribution in [-0.4, -0.2) is 6.61 Å². The van der Waals surface area contributed by atoms with E-state index in [2.05, 4.69) is 37.8 Å². The predicted molar refractivity (Wildman–Crippen MR) is 116 cm³/mol. The summed E-state index contributed by atoms with van der Waals surface area (Å²) < 4.78 is 20.6. The molecule has 2 aromatic carbocycles. The molecule has 0 amide bonds. The molecule has 0 aromatic heterocycles. The fraction of sp³-hybridized carbons (Fsp3) is 0.462. The first-order valence-electron chi connectivity index (χ1n) is 10.8. The van der Waals surface area contributed by atoms with Crippen molar-refractivity contribution in [3.8, 4) is 5.75 Å². The molecule has 0 saturated heterocycles. The van der Waals surface area contributed by atoms with Gasteiger partial charge in [0.05, 0.1) is 6.61 Å². The number of rotatable bonds is 10. The van der Waals surface area contributed by atoms with Crippen LogP contribution in [-0.2, 0) is 19.3 Å². The zero-order chi connectivity index (χ0) is 19.8. The van der Waals surface area contributed by atoms with E-state index in [1.54, 1.807) is 6.07 Å². The van der Waals surface area contributed by atoms with Crippen LogP contribution in [0.3, 0.4) is 0 Å². The van der Waals surface area contributed by atoms with Crippen molar-refractivity contribution < 1.29 is 9.13 Å². The molecule has 0 spiro atoms. The molecule has 3 rings (SSSR count). The first kappa shape index (κ1) is 20.6. The Kier molecular flexibility index (Phi) is 7.71. The van der Waals surface area contributed by atoms with Crippen molar-refractivity contribution in [2.24, 2.45) is 0 Å². The summed E-state index contributed by atoms with van der Waals surface area (Å²) in [4.78, 5) is 0. The van der Waals surface area contributed by atoms with E-state index in [4.69, 9.17) is 4.74 Å². The maximum atomic E-state index is 14.8. The predicted octanol–water partition coefficient (Wildman–Crippen LogP) is 7.18. The van der Waals surface area contributed by atoms with E-state index in [0.29, 0.717) is 0 Å². The fourth-order valence-electron chi connectivity index (χ4n) is 4.14. The number of halogens is 1. The van der Waals surface area contributed by atoms with E-state index in [-0.39, 0.29) is 11.7 Å². The third kappa shape index (κ3) is 5.47. The third-order valence-electron chi connectivity index (χ3n) is 5.80. The maximum absolute atomic E-state index is 14.8. The Morgan fingerprint density at radius 1 is 1.11 bits per heavy atom. The van der Waals surface area contributed by atoms with E-state index >= 15 is 0 Å². The Morgan fingerprint density at radius 2 is 2.00 bits per heavy atom. The summed E-state index contributed by atoms with van der Waals surface area (Å²) in [7, 11) is 0. The molecule has 0 fully saturated rings. The zero-order valence-corrected chi connectivity index (χ0v) is 17.2. The van der Waals surface area contributed by atoms with Crippen LogP contribution in [0.5, 0.6) is 5.75 Å². The van der Waals surface area contributed by atoms with Crippen LogP contribution in [0.15, 0.2) is 49.1 Å². The lowest BCUT2D eigenvalue weighted by Gasteiger charge is -2.26. The highest BCUT2D eigenvalue weighted by Gasteiger charge is 2.23. The first-order chi connectivity index (χ1) is 13.7. The summed E-state index contributed by atoms with van der Waals surface area (Å²) in [6, 6.07) is 12.3. The van der Waals surface area contributed by atoms with Gasteiger partial charge >= 0.3 is 0 Å². The number of unbranched alkanes of at least 4 members (excludes halogenated alkanes) is 3. The van der Waals surface area contributed by atoms with Crippen LogP contribution in [0.2, 0.25) is 0 Å². The highest BCUT2D eigenvalue weighted by atomic mass is 19.1. The van der Waals surface area contributed by atoms with E-state index in [1.165, 1.54) is 24.0 Å². The second kappa shape index (κ2) is 10.5. The van der Waals surface area contributed by atoms with E-state index in [9.17, 15) is 4.39 Å². The van der Waals surface area contributed by atoms with E-state index in [1.807, 2.05) is 12.1 Å². The average molecular weight is 381 g/mol. The summed E-state index contributed by atoms with van der Waals surface area (Å²) in [6.45, 7) is 6.66. The minimum Gasteiger partial charge on any atom is -0.494 e. The lowest BCUT2D eigenvalue weighted by atomic mass is 9.79. The smallest absolute Gasteiger partial charge is 0.126 e. The molecular weight excluding hydrogens is 347 g/mol. The van der Waals surface area contributed by atoms with Crippen LogP contribution < -0.4 is 4.74 Å². The van der Waals surface area contributed by atoms with Crippen molar-refractivity contribution in [3.63, 3.8) is 0 Å². The summed E-state index contributed by atoms with van der Waals surface area (Å²) >= 11 is 0. The van der Waals surface area contributed by atoms with Crippen LogP contribution in [0.4, 0.5) is 4.39 Å². The molecule has 2 aromatic rings. The second-order valence-corrected chi connectivity index (χ2v) is 7.96. The Bertz CT molecular complexity index is 780. The molecule has 150 valence electrons. The number of hydrogen-bond acceptors (Lipinski definition) is 1. The van der Waals surface area contributed by atoms with Crippen LogP contribution in [0.1, 0.15) is 73.6 Å². The minimum absolute atomic E-state index is 0.0235. The van der Waals surface area contributed by atoms with Gasteiger partial charge in [-0.25, -0.2) is 4.39 Å². The van der Waals surface area contributed by atoms with Gasteiger partial charge in [-0.05, 0) is 91.3 Å². The Hall–Kier alpha value is -2.09. The highest BCUT2D eigenvalue weighted by Crippen LogP contribution is 2.35. The summed E-state index contributed by atoms with van der Waals surface area (Å²) in [5, 5.41) is 0. The number of benzene rings is 2. The molecule has 1 aliphatic rings. The molecule has 0 bridgehead atoms. The van der Waals surface area contributed by atoms with Gasteiger partial charge in [-0.1, -0.05) is 44.0 Å². The largest absolute Gasteiger partial charge is 0.494 e. The van der Waals surface area contributed by atoms with Gasteiger partial charge in [0, 0.05) is 0 Å². The molecule has 0 saturated carbocycles. The molecule has 1 nitrogen and oxygen atoms in total. The van der Waals surface area contributed by atoms with Crippen molar-refractivity contribution in [1.29, 1.82) is 0 Å². The maximum Gasteiger partial charge on any atom is 0.126 e. The topological polar surface area (TPSA) is 9.23 Å². The molecular formula is C26H33FO. The molecule has 1 aliphatic carbocycles. The molecule has 2 heteroatoms. The van der Waals surface area contributed by atoms with Gasteiger partial charge < -0.3 is 4.74 Å². The van der Waals surface area contributed by atoms with E-state index < -0.39 is 0 Å². The van der Waals surface area contributed by atoms with Crippen LogP contribution >= 0.6 is 0 Å². The van der Waals surface area contributed by atoms with E-state index in [0.717, 1.165) is 68.4 Å². The van der Waals surface area contributed by atoms with Crippen molar-refractivity contribution in [2.45, 2.75) is 70.6 Å². The quantitative estimate of drug-likeness (QED) is 0.313. The van der Waals surface area contributed by atoms with Crippen molar-refractivity contribution >= 4 is 0 Å². The molecule has 0 heterocycles. The summed E-state index contributed by atoms with van der Waals surface area (Å²) in [5.41, 5.74) is 4.70. The van der Waals surface area contributed by atoms with Gasteiger partial charge in [0.2, 0.25) is 0 Å². The Labute approximate surface area is 169 Å². The second-order valence-electron chi connectivity index (χ2n) is 7.96. The summed E-state index contributed by atoms with van der Waals surface area (Å²) in [6.07, 6.45) is 11.3. The van der Waals surface area contributed by atoms with Gasteiger partial charge in [0.15, 0.2) is 0 Å². The normalized spacial score (nSPS) is 15.9. The first-order valence-corrected chi connectivity index (χ1v) is 10.8. The fourth-order valence-corrected chi connectivity index (χ4v) is 4.14. The number of allylic oxidation sites excluding steroid dienone is 1. The average Bonchev–Trinajstić information content (AvgIpc) is 2.71. The van der Waals surface area contributed by atoms with Crippen molar-refractivity contribution in [1.82, 2.24) is 0 Å². The van der Waals surface area contributed by atoms with Gasteiger partial charge in [0.25, 0.3) is 0 Å². The van der Waals surface area contributed by atoms with Gasteiger partial charge in [-0.15, -0.1) is 6.58 Å². The molecule has 1 unspecified atom stereocenters. The van der Waals surface area contributed by atoms with Gasteiger partial charge in [-0.2, -0.15) is 0 Å². The monoisotopic (exact) mass is 380 g/mol. The SMILES string of the molecule is C=CCCCOc1ccc2c(c1)CCC(c1ccc(CCCCC)cc1F)C2. The molecule has 0 N–H and O–H groups in total. The standard InChI is InChI=1S/C26H33FO/c1-3-5-7-9-20-10-15-25(26(27)17-20)23-12-11-22-19-24(14-13-21(22)18-23)28-16-8-6-4-2/h4,10,13-15,17,19,23H,2-3,5-9,11-12,16,18H2,1H3. The van der Waals surface area contributed by atoms with Crippen LogP contribution in [0, 0.1) is 5.82 Å². The van der Waals surface area contributed by atoms with Gasteiger partial charge in [-0.3, -0.25) is 0 Å². The van der Waals surface area contributed by atoms with Crippen molar-refractivity contribution in [3.05, 3.63) is 77.1 Å². The highest BCUT2D eigenvalue weighted by molar-refractivity contribution is 5.40. The molecule has 0 aliphatic heterocycles. The lowest BCUT2D eigenvalue weighted by Crippen LogP contribution is -2.14. The Balaban J connectivity index is 1.62. The van der Waals surface area contributed by atoms with Gasteiger partial charge in [0.1, 0.15) is 11.6 Å². The lowest BCUT2D eigenvalue weighted by molar-refractivity contribution is 0.311. The number of ether oxygens (including phenoxy) is 1. The number of aryl methyl sites for hydroxylation is 2.